The Morgan fingerprint density at radius 3 is 2.50 bits per heavy atom. The van der Waals surface area contributed by atoms with Gasteiger partial charge in [0.15, 0.2) is 5.16 Å². The van der Waals surface area contributed by atoms with Gasteiger partial charge in [0.05, 0.1) is 0 Å². The summed E-state index contributed by atoms with van der Waals surface area (Å²) in [7, 11) is 0. The van der Waals surface area contributed by atoms with E-state index in [0.717, 1.165) is 27.0 Å². The van der Waals surface area contributed by atoms with Gasteiger partial charge < -0.3 is 4.98 Å². The molecule has 0 unspecified atom stereocenters. The van der Waals surface area contributed by atoms with Crippen molar-refractivity contribution in [3.63, 3.8) is 0 Å². The van der Waals surface area contributed by atoms with Crippen molar-refractivity contribution in [1.29, 1.82) is 0 Å². The Labute approximate surface area is 153 Å². The van der Waals surface area contributed by atoms with Crippen LogP contribution in [0.5, 0.6) is 0 Å². The van der Waals surface area contributed by atoms with Crippen LogP contribution in [0.3, 0.4) is 0 Å². The van der Waals surface area contributed by atoms with Gasteiger partial charge in [-0.25, -0.2) is 4.98 Å². The number of nitrogens with zero attached hydrogens (tertiary/aromatic N) is 1. The lowest BCUT2D eigenvalue weighted by Gasteiger charge is -2.08. The van der Waals surface area contributed by atoms with Gasteiger partial charge in [0, 0.05) is 27.9 Å². The van der Waals surface area contributed by atoms with Crippen LogP contribution in [0.15, 0.2) is 69.0 Å². The summed E-state index contributed by atoms with van der Waals surface area (Å²) in [6.07, 6.45) is 0.601. The first kappa shape index (κ1) is 17.0. The Morgan fingerprint density at radius 2 is 1.79 bits per heavy atom. The first-order valence-corrected chi connectivity index (χ1v) is 9.41. The van der Waals surface area contributed by atoms with Crippen molar-refractivity contribution in [3.05, 3.63) is 91.8 Å². The zero-order valence-electron chi connectivity index (χ0n) is 13.3. The molecule has 0 radical (unpaired) electrons. The largest absolute Gasteiger partial charge is 0.301 e. The third kappa shape index (κ3) is 4.16. The summed E-state index contributed by atoms with van der Waals surface area (Å²) in [5.41, 5.74) is 3.75. The SMILES string of the molecule is Cc1nc(SCc2ccccc2Br)[nH]c(=O)c1Cc1ccccc1. The standard InChI is InChI=1S/C19H17BrN2OS/c1-13-16(11-14-7-3-2-4-8-14)18(23)22-19(21-13)24-12-15-9-5-6-10-17(15)20/h2-10H,11-12H2,1H3,(H,21,22,23). The Balaban J connectivity index is 1.77. The van der Waals surface area contributed by atoms with Gasteiger partial charge in [0.1, 0.15) is 0 Å². The van der Waals surface area contributed by atoms with E-state index in [4.69, 9.17) is 0 Å². The van der Waals surface area contributed by atoms with Crippen LogP contribution in [0.4, 0.5) is 0 Å². The fourth-order valence-corrected chi connectivity index (χ4v) is 3.94. The lowest BCUT2D eigenvalue weighted by atomic mass is 10.1. The highest BCUT2D eigenvalue weighted by molar-refractivity contribution is 9.10. The molecule has 0 aliphatic rings. The van der Waals surface area contributed by atoms with E-state index < -0.39 is 0 Å². The van der Waals surface area contributed by atoms with Crippen LogP contribution in [0.2, 0.25) is 0 Å². The summed E-state index contributed by atoms with van der Waals surface area (Å²) in [4.78, 5) is 19.9. The zero-order valence-corrected chi connectivity index (χ0v) is 15.7. The van der Waals surface area contributed by atoms with E-state index in [0.29, 0.717) is 11.6 Å². The molecule has 5 heteroatoms. The van der Waals surface area contributed by atoms with Gasteiger partial charge in [-0.1, -0.05) is 76.2 Å². The van der Waals surface area contributed by atoms with Crippen LogP contribution >= 0.6 is 27.7 Å². The molecule has 0 atom stereocenters. The fraction of sp³-hybridized carbons (Fsp3) is 0.158. The number of rotatable bonds is 5. The third-order valence-electron chi connectivity index (χ3n) is 3.75. The zero-order chi connectivity index (χ0) is 16.9. The maximum absolute atomic E-state index is 12.4. The molecule has 0 aliphatic carbocycles. The summed E-state index contributed by atoms with van der Waals surface area (Å²) in [6.45, 7) is 1.90. The number of hydrogen-bond donors (Lipinski definition) is 1. The van der Waals surface area contributed by atoms with Gasteiger partial charge in [-0.3, -0.25) is 4.79 Å². The molecule has 3 rings (SSSR count). The minimum Gasteiger partial charge on any atom is -0.301 e. The van der Waals surface area contributed by atoms with E-state index in [2.05, 4.69) is 32.0 Å². The molecule has 1 aromatic heterocycles. The smallest absolute Gasteiger partial charge is 0.255 e. The molecule has 0 aliphatic heterocycles. The van der Waals surface area contributed by atoms with Crippen molar-refractivity contribution < 1.29 is 0 Å². The van der Waals surface area contributed by atoms with Crippen LogP contribution < -0.4 is 5.56 Å². The summed E-state index contributed by atoms with van der Waals surface area (Å²) >= 11 is 5.08. The Hall–Kier alpha value is -1.85. The summed E-state index contributed by atoms with van der Waals surface area (Å²) in [5.74, 6) is 0.752. The molecule has 1 heterocycles. The van der Waals surface area contributed by atoms with E-state index in [1.54, 1.807) is 0 Å². The van der Waals surface area contributed by atoms with Crippen molar-refractivity contribution in [1.82, 2.24) is 9.97 Å². The van der Waals surface area contributed by atoms with Gasteiger partial charge in [-0.15, -0.1) is 0 Å². The molecule has 0 amide bonds. The highest BCUT2D eigenvalue weighted by Crippen LogP contribution is 2.24. The van der Waals surface area contributed by atoms with Crippen molar-refractivity contribution >= 4 is 27.7 Å². The minimum absolute atomic E-state index is 0.0546. The van der Waals surface area contributed by atoms with E-state index in [1.165, 1.54) is 17.3 Å². The second kappa shape index (κ2) is 7.81. The number of aryl methyl sites for hydroxylation is 1. The van der Waals surface area contributed by atoms with Crippen molar-refractivity contribution in [2.45, 2.75) is 24.3 Å². The Morgan fingerprint density at radius 1 is 1.08 bits per heavy atom. The number of benzene rings is 2. The normalized spacial score (nSPS) is 10.8. The molecule has 2 aromatic carbocycles. The Bertz CT molecular complexity index is 893. The van der Waals surface area contributed by atoms with Crippen LogP contribution in [0.25, 0.3) is 0 Å². The molecule has 0 saturated heterocycles. The molecule has 0 spiro atoms. The van der Waals surface area contributed by atoms with Crippen LogP contribution in [-0.4, -0.2) is 9.97 Å². The highest BCUT2D eigenvalue weighted by Gasteiger charge is 2.10. The molecule has 1 N–H and O–H groups in total. The number of halogens is 1. The molecule has 0 bridgehead atoms. The molecular formula is C19H17BrN2OS. The van der Waals surface area contributed by atoms with Crippen LogP contribution in [0.1, 0.15) is 22.4 Å². The first-order valence-electron chi connectivity index (χ1n) is 7.63. The summed E-state index contributed by atoms with van der Waals surface area (Å²) in [5, 5.41) is 0.657. The average molecular weight is 401 g/mol. The maximum Gasteiger partial charge on any atom is 0.255 e. The fourth-order valence-electron chi connectivity index (χ4n) is 2.42. The summed E-state index contributed by atoms with van der Waals surface area (Å²) < 4.78 is 1.07. The van der Waals surface area contributed by atoms with Crippen molar-refractivity contribution in [3.8, 4) is 0 Å². The summed E-state index contributed by atoms with van der Waals surface area (Å²) in [6, 6.07) is 18.0. The van der Waals surface area contributed by atoms with E-state index in [1.807, 2.05) is 55.5 Å². The lowest BCUT2D eigenvalue weighted by molar-refractivity contribution is 0.866. The van der Waals surface area contributed by atoms with Gasteiger partial charge in [-0.2, -0.15) is 0 Å². The van der Waals surface area contributed by atoms with Gasteiger partial charge >= 0.3 is 0 Å². The quantitative estimate of drug-likeness (QED) is 0.497. The molecule has 24 heavy (non-hydrogen) atoms. The van der Waals surface area contributed by atoms with Gasteiger partial charge in [-0.05, 0) is 24.1 Å². The molecular weight excluding hydrogens is 384 g/mol. The molecule has 3 aromatic rings. The highest BCUT2D eigenvalue weighted by atomic mass is 79.9. The van der Waals surface area contributed by atoms with Crippen LogP contribution in [0, 0.1) is 6.92 Å². The van der Waals surface area contributed by atoms with Crippen molar-refractivity contribution in [2.24, 2.45) is 0 Å². The maximum atomic E-state index is 12.4. The lowest BCUT2D eigenvalue weighted by Crippen LogP contribution is -2.17. The van der Waals surface area contributed by atoms with E-state index in [-0.39, 0.29) is 5.56 Å². The van der Waals surface area contributed by atoms with E-state index >= 15 is 0 Å². The number of hydrogen-bond acceptors (Lipinski definition) is 3. The number of nitrogens with one attached hydrogen (secondary N) is 1. The van der Waals surface area contributed by atoms with E-state index in [9.17, 15) is 4.79 Å². The monoisotopic (exact) mass is 400 g/mol. The number of thioether (sulfide) groups is 1. The number of aromatic nitrogens is 2. The molecule has 122 valence electrons. The number of aromatic amines is 1. The third-order valence-corrected chi connectivity index (χ3v) is 5.44. The second-order valence-electron chi connectivity index (χ2n) is 5.48. The molecule has 0 saturated carbocycles. The minimum atomic E-state index is -0.0546. The molecule has 3 nitrogen and oxygen atoms in total. The predicted octanol–water partition coefficient (Wildman–Crippen LogP) is 4.72. The van der Waals surface area contributed by atoms with Crippen LogP contribution in [-0.2, 0) is 12.2 Å². The molecule has 0 fully saturated rings. The van der Waals surface area contributed by atoms with Crippen molar-refractivity contribution in [2.75, 3.05) is 0 Å². The number of H-pyrrole nitrogens is 1. The second-order valence-corrected chi connectivity index (χ2v) is 7.30. The topological polar surface area (TPSA) is 45.8 Å². The average Bonchev–Trinajstić information content (AvgIpc) is 2.58. The van der Waals surface area contributed by atoms with Gasteiger partial charge in [0.2, 0.25) is 0 Å². The van der Waals surface area contributed by atoms with Gasteiger partial charge in [0.25, 0.3) is 5.56 Å². The predicted molar refractivity (Wildman–Crippen MR) is 103 cm³/mol. The first-order chi connectivity index (χ1) is 11.6. The Kier molecular flexibility index (Phi) is 5.53.